The SMILES string of the molecule is O=C(CCNC(=O)c1ccc([N+](=O)[O-])cc1)NC1(C(=O)O)CCSC1. The van der Waals surface area contributed by atoms with Crippen LogP contribution in [-0.2, 0) is 9.59 Å². The Bertz CT molecular complexity index is 685. The smallest absolute Gasteiger partial charge is 0.330 e. The maximum absolute atomic E-state index is 11.9. The zero-order valence-electron chi connectivity index (χ0n) is 13.2. The summed E-state index contributed by atoms with van der Waals surface area (Å²) in [5.41, 5.74) is -1.12. The summed E-state index contributed by atoms with van der Waals surface area (Å²) in [7, 11) is 0. The summed E-state index contributed by atoms with van der Waals surface area (Å²) in [6, 6.07) is 5.08. The van der Waals surface area contributed by atoms with Crippen LogP contribution < -0.4 is 10.6 Å². The highest BCUT2D eigenvalue weighted by molar-refractivity contribution is 7.99. The van der Waals surface area contributed by atoms with E-state index >= 15 is 0 Å². The number of hydrogen-bond donors (Lipinski definition) is 3. The van der Waals surface area contributed by atoms with Crippen molar-refractivity contribution in [2.24, 2.45) is 0 Å². The number of carboxylic acid groups (broad SMARTS) is 1. The minimum absolute atomic E-state index is 0.0322. The van der Waals surface area contributed by atoms with Gasteiger partial charge in [-0.1, -0.05) is 0 Å². The van der Waals surface area contributed by atoms with Crippen LogP contribution in [0.2, 0.25) is 0 Å². The van der Waals surface area contributed by atoms with Gasteiger partial charge in [0.05, 0.1) is 4.92 Å². The van der Waals surface area contributed by atoms with E-state index in [2.05, 4.69) is 10.6 Å². The summed E-state index contributed by atoms with van der Waals surface area (Å²) in [5.74, 6) is -0.978. The van der Waals surface area contributed by atoms with E-state index in [-0.39, 0.29) is 24.2 Å². The lowest BCUT2D eigenvalue weighted by Gasteiger charge is -2.24. The normalized spacial score (nSPS) is 19.2. The predicted molar refractivity (Wildman–Crippen MR) is 90.5 cm³/mol. The van der Waals surface area contributed by atoms with E-state index in [1.54, 1.807) is 0 Å². The van der Waals surface area contributed by atoms with Gasteiger partial charge in [0.25, 0.3) is 11.6 Å². The number of amides is 2. The highest BCUT2D eigenvalue weighted by Gasteiger charge is 2.43. The molecule has 1 atom stereocenters. The van der Waals surface area contributed by atoms with Gasteiger partial charge in [-0.3, -0.25) is 19.7 Å². The molecule has 1 aromatic rings. The van der Waals surface area contributed by atoms with Crippen molar-refractivity contribution in [3.63, 3.8) is 0 Å². The number of benzene rings is 1. The largest absolute Gasteiger partial charge is 0.479 e. The van der Waals surface area contributed by atoms with Gasteiger partial charge in [-0.05, 0) is 24.3 Å². The third-order valence-electron chi connectivity index (χ3n) is 3.79. The van der Waals surface area contributed by atoms with E-state index in [1.807, 2.05) is 0 Å². The van der Waals surface area contributed by atoms with Crippen molar-refractivity contribution >= 4 is 35.2 Å². The molecule has 1 saturated heterocycles. The van der Waals surface area contributed by atoms with Crippen LogP contribution in [0.4, 0.5) is 5.69 Å². The van der Waals surface area contributed by atoms with Gasteiger partial charge < -0.3 is 15.7 Å². The number of non-ortho nitro benzene ring substituents is 1. The molecule has 10 heteroatoms. The molecular weight excluding hydrogens is 350 g/mol. The quantitative estimate of drug-likeness (QED) is 0.478. The Morgan fingerprint density at radius 3 is 2.48 bits per heavy atom. The number of carboxylic acids is 1. The van der Waals surface area contributed by atoms with Crippen molar-refractivity contribution < 1.29 is 24.4 Å². The lowest BCUT2D eigenvalue weighted by atomic mass is 9.99. The first-order chi connectivity index (χ1) is 11.8. The molecule has 1 aliphatic rings. The highest BCUT2D eigenvalue weighted by atomic mass is 32.2. The number of nitro benzene ring substituents is 1. The van der Waals surface area contributed by atoms with Crippen LogP contribution in [0.15, 0.2) is 24.3 Å². The van der Waals surface area contributed by atoms with Gasteiger partial charge in [-0.2, -0.15) is 11.8 Å². The number of rotatable bonds is 7. The number of thioether (sulfide) groups is 1. The van der Waals surface area contributed by atoms with Gasteiger partial charge in [-0.25, -0.2) is 4.79 Å². The first kappa shape index (κ1) is 18.7. The monoisotopic (exact) mass is 367 g/mol. The van der Waals surface area contributed by atoms with E-state index in [0.29, 0.717) is 17.9 Å². The van der Waals surface area contributed by atoms with E-state index in [0.717, 1.165) is 0 Å². The van der Waals surface area contributed by atoms with Gasteiger partial charge in [0.2, 0.25) is 5.91 Å². The average molecular weight is 367 g/mol. The molecule has 2 rings (SSSR count). The van der Waals surface area contributed by atoms with Crippen molar-refractivity contribution in [1.82, 2.24) is 10.6 Å². The summed E-state index contributed by atoms with van der Waals surface area (Å²) < 4.78 is 0. The number of carbonyl (C=O) groups excluding carboxylic acids is 2. The second-order valence-corrected chi connectivity index (χ2v) is 6.65. The van der Waals surface area contributed by atoms with Gasteiger partial charge in [0.1, 0.15) is 5.54 Å². The van der Waals surface area contributed by atoms with Crippen molar-refractivity contribution in [1.29, 1.82) is 0 Å². The first-order valence-corrected chi connectivity index (χ1v) is 8.64. The zero-order chi connectivity index (χ0) is 18.4. The predicted octanol–water partition coefficient (Wildman–Crippen LogP) is 0.791. The fraction of sp³-hybridized carbons (Fsp3) is 0.400. The second-order valence-electron chi connectivity index (χ2n) is 5.55. The van der Waals surface area contributed by atoms with Crippen molar-refractivity contribution in [2.75, 3.05) is 18.1 Å². The van der Waals surface area contributed by atoms with Crippen LogP contribution in [-0.4, -0.2) is 51.4 Å². The van der Waals surface area contributed by atoms with Crippen molar-refractivity contribution in [3.8, 4) is 0 Å². The van der Waals surface area contributed by atoms with Crippen LogP contribution in [0.25, 0.3) is 0 Å². The van der Waals surface area contributed by atoms with Crippen LogP contribution >= 0.6 is 11.8 Å². The molecule has 1 heterocycles. The molecule has 0 spiro atoms. The molecule has 1 aromatic carbocycles. The summed E-state index contributed by atoms with van der Waals surface area (Å²) >= 11 is 1.47. The van der Waals surface area contributed by atoms with Crippen molar-refractivity contribution in [3.05, 3.63) is 39.9 Å². The number of hydrogen-bond acceptors (Lipinski definition) is 6. The number of aliphatic carboxylic acids is 1. The lowest BCUT2D eigenvalue weighted by Crippen LogP contribution is -2.55. The first-order valence-electron chi connectivity index (χ1n) is 7.49. The van der Waals surface area contributed by atoms with E-state index < -0.39 is 28.2 Å². The van der Waals surface area contributed by atoms with Gasteiger partial charge in [0, 0.05) is 36.4 Å². The number of carbonyl (C=O) groups is 3. The summed E-state index contributed by atoms with van der Waals surface area (Å²) in [5, 5.41) is 24.9. The molecule has 1 fully saturated rings. The Kier molecular flexibility index (Phi) is 5.97. The number of nitro groups is 1. The molecular formula is C15H17N3O6S. The Morgan fingerprint density at radius 1 is 1.28 bits per heavy atom. The Balaban J connectivity index is 1.81. The van der Waals surface area contributed by atoms with E-state index in [1.165, 1.54) is 36.0 Å². The van der Waals surface area contributed by atoms with Gasteiger partial charge in [-0.15, -0.1) is 0 Å². The molecule has 0 aliphatic carbocycles. The zero-order valence-corrected chi connectivity index (χ0v) is 14.0. The minimum atomic E-state index is -1.23. The summed E-state index contributed by atoms with van der Waals surface area (Å²) in [6.07, 6.45) is 0.312. The van der Waals surface area contributed by atoms with Crippen molar-refractivity contribution in [2.45, 2.75) is 18.4 Å². The molecule has 25 heavy (non-hydrogen) atoms. The summed E-state index contributed by atoms with van der Waals surface area (Å²) in [4.78, 5) is 45.2. The fourth-order valence-corrected chi connectivity index (χ4v) is 3.67. The maximum atomic E-state index is 11.9. The summed E-state index contributed by atoms with van der Waals surface area (Å²) in [6.45, 7) is 0.0322. The van der Waals surface area contributed by atoms with Crippen LogP contribution in [0.5, 0.6) is 0 Å². The molecule has 0 bridgehead atoms. The molecule has 1 unspecified atom stereocenters. The second kappa shape index (κ2) is 7.97. The topological polar surface area (TPSA) is 139 Å². The van der Waals surface area contributed by atoms with Crippen LogP contribution in [0.3, 0.4) is 0 Å². The molecule has 0 saturated carbocycles. The molecule has 9 nitrogen and oxygen atoms in total. The maximum Gasteiger partial charge on any atom is 0.330 e. The number of nitrogens with zero attached hydrogens (tertiary/aromatic N) is 1. The molecule has 3 N–H and O–H groups in total. The lowest BCUT2D eigenvalue weighted by molar-refractivity contribution is -0.384. The van der Waals surface area contributed by atoms with Gasteiger partial charge >= 0.3 is 5.97 Å². The molecule has 2 amide bonds. The standard InChI is InChI=1S/C15H17N3O6S/c19-12(17-15(14(21)22)6-8-25-9-15)5-7-16-13(20)10-1-3-11(4-2-10)18(23)24/h1-4H,5-9H2,(H,16,20)(H,17,19)(H,21,22). The third kappa shape index (κ3) is 4.69. The number of nitrogens with one attached hydrogen (secondary N) is 2. The Morgan fingerprint density at radius 2 is 1.96 bits per heavy atom. The van der Waals surface area contributed by atoms with E-state index in [4.69, 9.17) is 0 Å². The Labute approximate surface area is 147 Å². The fourth-order valence-electron chi connectivity index (χ4n) is 2.34. The third-order valence-corrected chi connectivity index (χ3v) is 4.98. The molecule has 1 aliphatic heterocycles. The van der Waals surface area contributed by atoms with Crippen LogP contribution in [0, 0.1) is 10.1 Å². The average Bonchev–Trinajstić information content (AvgIpc) is 3.04. The van der Waals surface area contributed by atoms with Crippen LogP contribution in [0.1, 0.15) is 23.2 Å². The highest BCUT2D eigenvalue weighted by Crippen LogP contribution is 2.28. The molecule has 0 radical (unpaired) electrons. The minimum Gasteiger partial charge on any atom is -0.479 e. The van der Waals surface area contributed by atoms with Gasteiger partial charge in [0.15, 0.2) is 0 Å². The molecule has 0 aromatic heterocycles. The van der Waals surface area contributed by atoms with E-state index in [9.17, 15) is 29.6 Å². The Hall–Kier alpha value is -2.62. The molecule has 134 valence electrons.